The molecule has 0 aromatic heterocycles. The van der Waals surface area contributed by atoms with Crippen LogP contribution in [0.15, 0.2) is 85.0 Å². The Balaban J connectivity index is 0.000000302. The molecule has 3 unspecified atom stereocenters. The van der Waals surface area contributed by atoms with Crippen molar-refractivity contribution in [3.8, 4) is 0 Å². The first-order valence-corrected chi connectivity index (χ1v) is 10.5. The second-order valence-electron chi connectivity index (χ2n) is 7.14. The normalized spacial score (nSPS) is 18.9. The Morgan fingerprint density at radius 3 is 2.41 bits per heavy atom. The SMILES string of the molecule is C1=CC2[CH-]CCC2C=C1.Cc1ccccc1Pc1cc2ccccc2[cH-]1.[F-].[F-].[Ti+4]. The Morgan fingerprint density at radius 2 is 1.66 bits per heavy atom. The van der Waals surface area contributed by atoms with Gasteiger partial charge in [0.15, 0.2) is 0 Å². The molecule has 5 rings (SSSR count). The number of hydrogen-bond acceptors (Lipinski definition) is 0. The van der Waals surface area contributed by atoms with Crippen LogP contribution in [0.1, 0.15) is 18.4 Å². The quantitative estimate of drug-likeness (QED) is 0.294. The fourth-order valence-electron chi connectivity index (χ4n) is 3.78. The predicted molar refractivity (Wildman–Crippen MR) is 117 cm³/mol. The van der Waals surface area contributed by atoms with Crippen molar-refractivity contribution < 1.29 is 31.1 Å². The first kappa shape index (κ1) is 25.6. The van der Waals surface area contributed by atoms with E-state index in [9.17, 15) is 0 Å². The number of rotatable bonds is 2. The van der Waals surface area contributed by atoms with E-state index in [2.05, 4.69) is 98.3 Å². The summed E-state index contributed by atoms with van der Waals surface area (Å²) in [5.74, 6) is 1.62. The molecule has 1 fully saturated rings. The summed E-state index contributed by atoms with van der Waals surface area (Å²) in [6.45, 7) is 2.19. The molecule has 29 heavy (non-hydrogen) atoms. The largest absolute Gasteiger partial charge is 4.00 e. The monoisotopic (exact) mass is 442 g/mol. The molecule has 2 aliphatic carbocycles. The summed E-state index contributed by atoms with van der Waals surface area (Å²) in [4.78, 5) is 0. The van der Waals surface area contributed by atoms with Crippen LogP contribution in [0.25, 0.3) is 10.8 Å². The van der Waals surface area contributed by atoms with Crippen molar-refractivity contribution in [1.82, 2.24) is 0 Å². The van der Waals surface area contributed by atoms with E-state index in [0.29, 0.717) is 0 Å². The maximum Gasteiger partial charge on any atom is 4.00 e. The fourth-order valence-corrected chi connectivity index (χ4v) is 5.01. The van der Waals surface area contributed by atoms with Gasteiger partial charge < -0.3 is 15.8 Å². The van der Waals surface area contributed by atoms with E-state index in [0.717, 1.165) is 20.4 Å². The fraction of sp³-hybridized carbons (Fsp3) is 0.200. The average Bonchev–Trinajstić information content (AvgIpc) is 3.30. The zero-order valence-corrected chi connectivity index (χ0v) is 19.0. The number of halogens is 2. The van der Waals surface area contributed by atoms with Gasteiger partial charge in [-0.1, -0.05) is 63.6 Å². The maximum absolute atomic E-state index is 2.42. The van der Waals surface area contributed by atoms with Gasteiger partial charge in [-0.2, -0.15) is 12.5 Å². The third-order valence-corrected chi connectivity index (χ3v) is 6.69. The second kappa shape index (κ2) is 12.3. The molecule has 0 amide bonds. The number of fused-ring (bicyclic) bond motifs is 2. The predicted octanol–water partition coefficient (Wildman–Crippen LogP) is -0.155. The van der Waals surface area contributed by atoms with E-state index in [1.807, 2.05) is 0 Å². The third-order valence-electron chi connectivity index (χ3n) is 5.28. The van der Waals surface area contributed by atoms with E-state index in [1.165, 1.54) is 39.8 Å². The first-order valence-electron chi connectivity index (χ1n) is 9.46. The minimum atomic E-state index is 0. The molecule has 148 valence electrons. The third kappa shape index (κ3) is 6.51. The number of benzene rings is 2. The van der Waals surface area contributed by atoms with Crippen LogP contribution in [0.4, 0.5) is 0 Å². The Bertz CT molecular complexity index is 894. The molecule has 2 aliphatic rings. The van der Waals surface area contributed by atoms with Crippen molar-refractivity contribution in [1.29, 1.82) is 0 Å². The Morgan fingerprint density at radius 1 is 0.931 bits per heavy atom. The van der Waals surface area contributed by atoms with Crippen molar-refractivity contribution in [3.63, 3.8) is 0 Å². The van der Waals surface area contributed by atoms with Crippen LogP contribution in [0.5, 0.6) is 0 Å². The summed E-state index contributed by atoms with van der Waals surface area (Å²) >= 11 is 0. The molecule has 1 saturated carbocycles. The van der Waals surface area contributed by atoms with Gasteiger partial charge in [0, 0.05) is 0 Å². The van der Waals surface area contributed by atoms with Crippen molar-refractivity contribution in [2.24, 2.45) is 11.8 Å². The zero-order valence-electron chi connectivity index (χ0n) is 16.5. The zero-order chi connectivity index (χ0) is 17.8. The summed E-state index contributed by atoms with van der Waals surface area (Å²) in [6, 6.07) is 21.8. The van der Waals surface area contributed by atoms with Gasteiger partial charge in [0.05, 0.1) is 0 Å². The molecule has 0 aliphatic heterocycles. The van der Waals surface area contributed by atoms with Crippen LogP contribution in [0.2, 0.25) is 0 Å². The van der Waals surface area contributed by atoms with Crippen LogP contribution < -0.4 is 20.0 Å². The Hall–Kier alpha value is -1.47. The van der Waals surface area contributed by atoms with Crippen molar-refractivity contribution in [2.75, 3.05) is 0 Å². The Kier molecular flexibility index (Phi) is 10.8. The molecule has 3 aromatic rings. The molecule has 3 aromatic carbocycles. The maximum atomic E-state index is 2.42. The van der Waals surface area contributed by atoms with Crippen LogP contribution in [-0.2, 0) is 21.7 Å². The van der Waals surface area contributed by atoms with Crippen molar-refractivity contribution >= 4 is 30.0 Å². The number of aryl methyl sites for hydroxylation is 1. The second-order valence-corrected chi connectivity index (χ2v) is 8.50. The molecule has 0 saturated heterocycles. The van der Waals surface area contributed by atoms with Crippen LogP contribution in [0, 0.1) is 25.2 Å². The standard InChI is InChI=1S/C16H14P.C9H11.2FH.Ti/c1-12-6-2-5-9-16(12)17-15-10-13-7-3-4-8-14(13)11-15;1-2-5-9-7-3-6-8(9)4-1;;;/h2-11,17H,1H3;1-2,4-6,8-9H,3,7H2;2*1H;/q2*-1;;;+4/p-2. The molecule has 0 N–H and O–H groups in total. The molecular weight excluding hydrogens is 417 g/mol. The van der Waals surface area contributed by atoms with Crippen LogP contribution >= 0.6 is 8.58 Å². The molecule has 3 atom stereocenters. The minimum absolute atomic E-state index is 0. The number of allylic oxidation sites excluding steroid dienone is 4. The van der Waals surface area contributed by atoms with Crippen molar-refractivity contribution in [2.45, 2.75) is 19.8 Å². The van der Waals surface area contributed by atoms with Gasteiger partial charge in [-0.05, 0) is 23.7 Å². The molecule has 0 spiro atoms. The van der Waals surface area contributed by atoms with Gasteiger partial charge in [0.2, 0.25) is 0 Å². The van der Waals surface area contributed by atoms with Crippen LogP contribution in [0.3, 0.4) is 0 Å². The summed E-state index contributed by atoms with van der Waals surface area (Å²) in [6.07, 6.45) is 14.1. The minimum Gasteiger partial charge on any atom is -1.00 e. The summed E-state index contributed by atoms with van der Waals surface area (Å²) in [5, 5.41) is 5.58. The van der Waals surface area contributed by atoms with E-state index < -0.39 is 0 Å². The van der Waals surface area contributed by atoms with Gasteiger partial charge in [-0.3, -0.25) is 0 Å². The molecular formula is C25H25F2PTi. The molecule has 0 radical (unpaired) electrons. The van der Waals surface area contributed by atoms with E-state index in [4.69, 9.17) is 0 Å². The van der Waals surface area contributed by atoms with Crippen molar-refractivity contribution in [3.05, 3.63) is 97.0 Å². The Labute approximate surface area is 189 Å². The molecule has 0 bridgehead atoms. The summed E-state index contributed by atoms with van der Waals surface area (Å²) in [5.41, 5.74) is 1.39. The first-order chi connectivity index (χ1) is 12.8. The average molecular weight is 442 g/mol. The summed E-state index contributed by atoms with van der Waals surface area (Å²) < 4.78 is 0. The van der Waals surface area contributed by atoms with Gasteiger partial charge >= 0.3 is 21.7 Å². The smallest absolute Gasteiger partial charge is 1.00 e. The molecule has 4 heteroatoms. The van der Waals surface area contributed by atoms with E-state index >= 15 is 0 Å². The van der Waals surface area contributed by atoms with Crippen LogP contribution in [-0.4, -0.2) is 0 Å². The molecule has 0 heterocycles. The molecule has 0 nitrogen and oxygen atoms in total. The van der Waals surface area contributed by atoms with E-state index in [-0.39, 0.29) is 31.1 Å². The summed E-state index contributed by atoms with van der Waals surface area (Å²) in [7, 11) is 0.759. The van der Waals surface area contributed by atoms with Gasteiger partial charge in [0.25, 0.3) is 0 Å². The van der Waals surface area contributed by atoms with E-state index in [1.54, 1.807) is 0 Å². The van der Waals surface area contributed by atoms with Gasteiger partial charge in [-0.25, -0.2) is 0 Å². The topological polar surface area (TPSA) is 0 Å². The van der Waals surface area contributed by atoms with Gasteiger partial charge in [-0.15, -0.1) is 52.3 Å². The van der Waals surface area contributed by atoms with Gasteiger partial charge in [0.1, 0.15) is 0 Å². The number of hydrogen-bond donors (Lipinski definition) is 0.